The van der Waals surface area contributed by atoms with Gasteiger partial charge in [-0.15, -0.1) is 0 Å². The highest BCUT2D eigenvalue weighted by Crippen LogP contribution is 2.31. The average Bonchev–Trinajstić information content (AvgIpc) is 2.92. The van der Waals surface area contributed by atoms with Crippen LogP contribution in [0.5, 0.6) is 0 Å². The molecule has 1 N–H and O–H groups in total. The topological polar surface area (TPSA) is 59.3 Å². The maximum absolute atomic E-state index is 12.4. The van der Waals surface area contributed by atoms with Crippen LogP contribution >= 0.6 is 11.6 Å². The molecule has 1 aromatic carbocycles. The standard InChI is InChI=1S/C14H10ClNO3/c1-7-9(2-3-19-7)14(18)10-4-8-5-13(17)16-12(8)6-11(10)15/h2-4,6H,5H2,1H3,(H,16,17). The molecule has 0 spiro atoms. The fraction of sp³-hybridized carbons (Fsp3) is 0.143. The molecule has 1 aliphatic heterocycles. The van der Waals surface area contributed by atoms with E-state index in [1.54, 1.807) is 25.1 Å². The van der Waals surface area contributed by atoms with E-state index in [2.05, 4.69) is 5.32 Å². The van der Waals surface area contributed by atoms with Crippen LogP contribution in [0.3, 0.4) is 0 Å². The van der Waals surface area contributed by atoms with E-state index in [4.69, 9.17) is 16.0 Å². The Balaban J connectivity index is 2.07. The quantitative estimate of drug-likeness (QED) is 0.857. The lowest BCUT2D eigenvalue weighted by Crippen LogP contribution is -2.03. The zero-order valence-electron chi connectivity index (χ0n) is 10.1. The summed E-state index contributed by atoms with van der Waals surface area (Å²) in [5, 5.41) is 3.02. The van der Waals surface area contributed by atoms with E-state index >= 15 is 0 Å². The number of aryl methyl sites for hydroxylation is 1. The van der Waals surface area contributed by atoms with E-state index in [0.717, 1.165) is 5.56 Å². The number of hydrogen-bond donors (Lipinski definition) is 1. The van der Waals surface area contributed by atoms with Crippen molar-refractivity contribution in [3.63, 3.8) is 0 Å². The van der Waals surface area contributed by atoms with Crippen molar-refractivity contribution in [2.45, 2.75) is 13.3 Å². The summed E-state index contributed by atoms with van der Waals surface area (Å²) in [6.07, 6.45) is 1.74. The smallest absolute Gasteiger partial charge is 0.228 e. The number of fused-ring (bicyclic) bond motifs is 1. The van der Waals surface area contributed by atoms with Gasteiger partial charge in [0.15, 0.2) is 5.78 Å². The number of furan rings is 1. The van der Waals surface area contributed by atoms with Crippen LogP contribution in [-0.2, 0) is 11.2 Å². The zero-order valence-corrected chi connectivity index (χ0v) is 10.9. The van der Waals surface area contributed by atoms with Gasteiger partial charge in [-0.3, -0.25) is 9.59 Å². The van der Waals surface area contributed by atoms with Gasteiger partial charge in [0.05, 0.1) is 23.3 Å². The van der Waals surface area contributed by atoms with Crippen molar-refractivity contribution < 1.29 is 14.0 Å². The molecule has 0 atom stereocenters. The third-order valence-corrected chi connectivity index (χ3v) is 3.48. The average molecular weight is 276 g/mol. The number of halogens is 1. The molecule has 96 valence electrons. The van der Waals surface area contributed by atoms with Crippen LogP contribution in [0.4, 0.5) is 5.69 Å². The summed E-state index contributed by atoms with van der Waals surface area (Å²) >= 11 is 6.12. The Morgan fingerprint density at radius 1 is 1.37 bits per heavy atom. The van der Waals surface area contributed by atoms with Crippen molar-refractivity contribution >= 4 is 29.0 Å². The van der Waals surface area contributed by atoms with Crippen molar-refractivity contribution in [3.8, 4) is 0 Å². The Labute approximate surface area is 114 Å². The number of carbonyl (C=O) groups excluding carboxylic acids is 2. The van der Waals surface area contributed by atoms with E-state index in [9.17, 15) is 9.59 Å². The van der Waals surface area contributed by atoms with Gasteiger partial charge in [0, 0.05) is 11.3 Å². The number of rotatable bonds is 2. The molecule has 0 radical (unpaired) electrons. The fourth-order valence-electron chi connectivity index (χ4n) is 2.19. The Kier molecular flexibility index (Phi) is 2.68. The summed E-state index contributed by atoms with van der Waals surface area (Å²) < 4.78 is 5.13. The van der Waals surface area contributed by atoms with Crippen molar-refractivity contribution in [3.05, 3.63) is 51.9 Å². The summed E-state index contributed by atoms with van der Waals surface area (Å²) in [6, 6.07) is 4.90. The second-order valence-electron chi connectivity index (χ2n) is 4.43. The molecule has 19 heavy (non-hydrogen) atoms. The maximum Gasteiger partial charge on any atom is 0.228 e. The Morgan fingerprint density at radius 2 is 2.16 bits per heavy atom. The van der Waals surface area contributed by atoms with E-state index in [1.165, 1.54) is 6.26 Å². The third kappa shape index (κ3) is 1.94. The van der Waals surface area contributed by atoms with Gasteiger partial charge in [-0.05, 0) is 30.7 Å². The second kappa shape index (κ2) is 4.24. The fourth-order valence-corrected chi connectivity index (χ4v) is 2.44. The van der Waals surface area contributed by atoms with Gasteiger partial charge in [-0.1, -0.05) is 11.6 Å². The van der Waals surface area contributed by atoms with Crippen LogP contribution in [0.2, 0.25) is 5.02 Å². The molecule has 0 saturated carbocycles. The van der Waals surface area contributed by atoms with E-state index in [1.807, 2.05) is 0 Å². The summed E-state index contributed by atoms with van der Waals surface area (Å²) in [7, 11) is 0. The van der Waals surface area contributed by atoms with Gasteiger partial charge in [-0.25, -0.2) is 0 Å². The molecule has 0 saturated heterocycles. The third-order valence-electron chi connectivity index (χ3n) is 3.17. The predicted molar refractivity (Wildman–Crippen MR) is 70.7 cm³/mol. The molecular weight excluding hydrogens is 266 g/mol. The molecule has 3 rings (SSSR count). The Hall–Kier alpha value is -2.07. The van der Waals surface area contributed by atoms with Crippen LogP contribution in [0.25, 0.3) is 0 Å². The SMILES string of the molecule is Cc1occc1C(=O)c1cc2c(cc1Cl)NC(=O)C2. The number of benzene rings is 1. The Morgan fingerprint density at radius 3 is 2.84 bits per heavy atom. The van der Waals surface area contributed by atoms with Gasteiger partial charge in [0.25, 0.3) is 0 Å². The maximum atomic E-state index is 12.4. The first-order chi connectivity index (χ1) is 9.06. The monoisotopic (exact) mass is 275 g/mol. The summed E-state index contributed by atoms with van der Waals surface area (Å²) in [4.78, 5) is 23.7. The highest BCUT2D eigenvalue weighted by molar-refractivity contribution is 6.35. The molecule has 1 amide bonds. The van der Waals surface area contributed by atoms with E-state index < -0.39 is 0 Å². The molecule has 0 bridgehead atoms. The molecular formula is C14H10ClNO3. The van der Waals surface area contributed by atoms with Crippen LogP contribution in [-0.4, -0.2) is 11.7 Å². The predicted octanol–water partition coefficient (Wildman–Crippen LogP) is 2.97. The van der Waals surface area contributed by atoms with Crippen molar-refractivity contribution in [2.75, 3.05) is 5.32 Å². The van der Waals surface area contributed by atoms with Gasteiger partial charge in [0.1, 0.15) is 5.76 Å². The van der Waals surface area contributed by atoms with Gasteiger partial charge >= 0.3 is 0 Å². The van der Waals surface area contributed by atoms with Crippen LogP contribution in [0.15, 0.2) is 28.9 Å². The first kappa shape index (κ1) is 12.0. The number of carbonyl (C=O) groups is 2. The van der Waals surface area contributed by atoms with E-state index in [0.29, 0.717) is 27.6 Å². The molecule has 1 aromatic heterocycles. The lowest BCUT2D eigenvalue weighted by molar-refractivity contribution is -0.115. The highest BCUT2D eigenvalue weighted by atomic mass is 35.5. The number of amides is 1. The van der Waals surface area contributed by atoms with E-state index in [-0.39, 0.29) is 18.1 Å². The normalized spacial score (nSPS) is 13.3. The minimum Gasteiger partial charge on any atom is -0.469 e. The number of ketones is 1. The van der Waals surface area contributed by atoms with Gasteiger partial charge < -0.3 is 9.73 Å². The number of anilines is 1. The molecule has 0 unspecified atom stereocenters. The second-order valence-corrected chi connectivity index (χ2v) is 4.84. The molecule has 2 heterocycles. The zero-order chi connectivity index (χ0) is 13.6. The van der Waals surface area contributed by atoms with Gasteiger partial charge in [0.2, 0.25) is 5.91 Å². The van der Waals surface area contributed by atoms with Crippen molar-refractivity contribution in [1.82, 2.24) is 0 Å². The largest absolute Gasteiger partial charge is 0.469 e. The molecule has 1 aliphatic rings. The Bertz CT molecular complexity index is 703. The first-order valence-corrected chi connectivity index (χ1v) is 6.15. The number of nitrogens with one attached hydrogen (secondary N) is 1. The van der Waals surface area contributed by atoms with Gasteiger partial charge in [-0.2, -0.15) is 0 Å². The molecule has 2 aromatic rings. The molecule has 0 fully saturated rings. The minimum atomic E-state index is -0.196. The molecule has 5 heteroatoms. The van der Waals surface area contributed by atoms with Crippen molar-refractivity contribution in [2.24, 2.45) is 0 Å². The lowest BCUT2D eigenvalue weighted by Gasteiger charge is -2.06. The lowest BCUT2D eigenvalue weighted by atomic mass is 10.0. The summed E-state index contributed by atoms with van der Waals surface area (Å²) in [5.41, 5.74) is 2.34. The first-order valence-electron chi connectivity index (χ1n) is 5.77. The summed E-state index contributed by atoms with van der Waals surface area (Å²) in [5.74, 6) is 0.268. The molecule has 0 aliphatic carbocycles. The van der Waals surface area contributed by atoms with Crippen LogP contribution in [0, 0.1) is 6.92 Å². The summed E-state index contributed by atoms with van der Waals surface area (Å²) in [6.45, 7) is 1.72. The van der Waals surface area contributed by atoms with Crippen LogP contribution in [0.1, 0.15) is 27.2 Å². The molecule has 4 nitrogen and oxygen atoms in total. The van der Waals surface area contributed by atoms with Crippen LogP contribution < -0.4 is 5.32 Å². The highest BCUT2D eigenvalue weighted by Gasteiger charge is 2.23. The minimum absolute atomic E-state index is 0.0878. The number of hydrogen-bond acceptors (Lipinski definition) is 3. The van der Waals surface area contributed by atoms with Crippen molar-refractivity contribution in [1.29, 1.82) is 0 Å².